The van der Waals surface area contributed by atoms with Crippen LogP contribution < -0.4 is 16.0 Å². The molecule has 0 saturated carbocycles. The van der Waals surface area contributed by atoms with Crippen LogP contribution in [0.15, 0.2) is 48.5 Å². The van der Waals surface area contributed by atoms with Gasteiger partial charge < -0.3 is 20.9 Å². The second kappa shape index (κ2) is 10.5. The molecular weight excluding hydrogens is 505 g/mol. The van der Waals surface area contributed by atoms with E-state index in [1.165, 1.54) is 42.2 Å². The van der Waals surface area contributed by atoms with Crippen LogP contribution in [0.25, 0.3) is 16.9 Å². The van der Waals surface area contributed by atoms with Gasteiger partial charge in [-0.15, -0.1) is 10.2 Å². The summed E-state index contributed by atoms with van der Waals surface area (Å²) >= 11 is 0. The number of nitrogen functional groups attached to an aromatic ring is 1. The average Bonchev–Trinajstić information content (AvgIpc) is 3.60. The van der Waals surface area contributed by atoms with Crippen LogP contribution >= 0.6 is 0 Å². The zero-order valence-electron chi connectivity index (χ0n) is 22.6. The number of nitrogens with two attached hydrogens (primary N) is 1. The van der Waals surface area contributed by atoms with Crippen molar-refractivity contribution in [2.75, 3.05) is 42.1 Å². The Morgan fingerprint density at radius 2 is 1.70 bits per heavy atom. The van der Waals surface area contributed by atoms with Crippen LogP contribution in [-0.2, 0) is 12.8 Å². The second-order valence-electron chi connectivity index (χ2n) is 11.0. The highest BCUT2D eigenvalue weighted by Crippen LogP contribution is 2.33. The van der Waals surface area contributed by atoms with Crippen molar-refractivity contribution >= 4 is 23.3 Å². The van der Waals surface area contributed by atoms with E-state index in [2.05, 4.69) is 53.6 Å². The Kier molecular flexibility index (Phi) is 6.55. The van der Waals surface area contributed by atoms with Gasteiger partial charge in [0, 0.05) is 30.4 Å². The standard InChI is InChI=1S/C30H34FN9/c31-25-18-21(10-11-27(25)39-16-12-22(13-17-39)38-14-3-4-15-38)33-30-34-29(32)37-40(30)28-19-24-23-8-2-1-6-20(23)7-5-9-26(24)35-36-28/h1-2,6,8,10-11,18-19,22H,3-5,7,9,12-17H2,(H3,32,33,34,37). The van der Waals surface area contributed by atoms with E-state index in [9.17, 15) is 0 Å². The summed E-state index contributed by atoms with van der Waals surface area (Å²) < 4.78 is 16.9. The van der Waals surface area contributed by atoms with E-state index in [0.717, 1.165) is 62.0 Å². The fourth-order valence-corrected chi connectivity index (χ4v) is 6.49. The van der Waals surface area contributed by atoms with E-state index < -0.39 is 0 Å². The van der Waals surface area contributed by atoms with E-state index >= 15 is 4.39 Å². The number of aromatic nitrogens is 5. The number of anilines is 4. The summed E-state index contributed by atoms with van der Waals surface area (Å²) in [6, 6.07) is 16.2. The summed E-state index contributed by atoms with van der Waals surface area (Å²) in [6.45, 7) is 4.16. The van der Waals surface area contributed by atoms with Gasteiger partial charge in [-0.05, 0) is 93.4 Å². The van der Waals surface area contributed by atoms with Gasteiger partial charge in [-0.3, -0.25) is 0 Å². The van der Waals surface area contributed by atoms with Gasteiger partial charge in [-0.1, -0.05) is 24.3 Å². The molecule has 4 heterocycles. The van der Waals surface area contributed by atoms with E-state index in [1.807, 2.05) is 24.3 Å². The minimum absolute atomic E-state index is 0.0950. The predicted octanol–water partition coefficient (Wildman–Crippen LogP) is 4.74. The number of benzene rings is 2. The lowest BCUT2D eigenvalue weighted by atomic mass is 10.00. The number of nitrogens with zero attached hydrogens (tertiary/aromatic N) is 7. The average molecular weight is 540 g/mol. The fourth-order valence-electron chi connectivity index (χ4n) is 6.49. The number of halogens is 1. The van der Waals surface area contributed by atoms with Crippen LogP contribution in [0.1, 0.15) is 43.4 Å². The van der Waals surface area contributed by atoms with Gasteiger partial charge in [0.05, 0.1) is 11.4 Å². The Hall–Kier alpha value is -4.05. The highest BCUT2D eigenvalue weighted by molar-refractivity contribution is 5.72. The topological polar surface area (TPSA) is 101 Å². The van der Waals surface area contributed by atoms with Gasteiger partial charge >= 0.3 is 0 Å². The highest BCUT2D eigenvalue weighted by Gasteiger charge is 2.27. The summed E-state index contributed by atoms with van der Waals surface area (Å²) in [5.41, 5.74) is 11.7. The Labute approximate surface area is 233 Å². The summed E-state index contributed by atoms with van der Waals surface area (Å²) in [7, 11) is 0. The summed E-state index contributed by atoms with van der Waals surface area (Å²) in [5.74, 6) is 0.690. The van der Waals surface area contributed by atoms with Crippen molar-refractivity contribution in [2.45, 2.75) is 51.0 Å². The van der Waals surface area contributed by atoms with Gasteiger partial charge in [0.1, 0.15) is 5.82 Å². The Morgan fingerprint density at radius 1 is 0.875 bits per heavy atom. The van der Waals surface area contributed by atoms with Gasteiger partial charge in [0.25, 0.3) is 0 Å². The molecule has 3 aliphatic rings. The first-order valence-corrected chi connectivity index (χ1v) is 14.4. The number of hydrogen-bond donors (Lipinski definition) is 2. The molecule has 206 valence electrons. The fraction of sp³-hybridized carbons (Fsp3) is 0.400. The lowest BCUT2D eigenvalue weighted by Crippen LogP contribution is -2.44. The molecule has 7 rings (SSSR count). The molecule has 0 amide bonds. The molecule has 0 unspecified atom stereocenters. The van der Waals surface area contributed by atoms with Crippen LogP contribution in [0.3, 0.4) is 0 Å². The third-order valence-corrected chi connectivity index (χ3v) is 8.53. The molecular formula is C30H34FN9. The first-order chi connectivity index (χ1) is 19.6. The molecule has 9 nitrogen and oxygen atoms in total. The third kappa shape index (κ3) is 4.77. The minimum Gasteiger partial charge on any atom is -0.369 e. The Balaban J connectivity index is 1.11. The molecule has 10 heteroatoms. The SMILES string of the molecule is Nc1nc(Nc2ccc(N3CCC(N4CCCC4)CC3)c(F)c2)n(-c2cc3c(nn2)CCCc2ccccc2-3)n1. The van der Waals surface area contributed by atoms with E-state index in [4.69, 9.17) is 5.73 Å². The first-order valence-electron chi connectivity index (χ1n) is 14.4. The number of hydrogen-bond acceptors (Lipinski definition) is 8. The van der Waals surface area contributed by atoms with Crippen molar-refractivity contribution < 1.29 is 4.39 Å². The normalized spacial score (nSPS) is 17.9. The molecule has 2 aromatic carbocycles. The number of rotatable bonds is 5. The Morgan fingerprint density at radius 3 is 2.52 bits per heavy atom. The number of piperidine rings is 1. The van der Waals surface area contributed by atoms with Crippen LogP contribution in [0.5, 0.6) is 0 Å². The van der Waals surface area contributed by atoms with Gasteiger partial charge in [0.2, 0.25) is 11.9 Å². The molecule has 4 aromatic rings. The summed E-state index contributed by atoms with van der Waals surface area (Å²) in [4.78, 5) is 9.13. The van der Waals surface area contributed by atoms with Crippen LogP contribution in [-0.4, -0.2) is 62.1 Å². The molecule has 0 atom stereocenters. The third-order valence-electron chi connectivity index (χ3n) is 8.53. The van der Waals surface area contributed by atoms with E-state index in [0.29, 0.717) is 29.2 Å². The van der Waals surface area contributed by atoms with E-state index in [1.54, 1.807) is 0 Å². The molecule has 2 saturated heterocycles. The highest BCUT2D eigenvalue weighted by atomic mass is 19.1. The number of fused-ring (bicyclic) bond motifs is 3. The maximum atomic E-state index is 15.3. The van der Waals surface area contributed by atoms with E-state index in [-0.39, 0.29) is 11.8 Å². The summed E-state index contributed by atoms with van der Waals surface area (Å²) in [5, 5.41) is 16.6. The molecule has 2 fully saturated rings. The molecule has 0 bridgehead atoms. The van der Waals surface area contributed by atoms with Gasteiger partial charge in [-0.25, -0.2) is 4.39 Å². The van der Waals surface area contributed by atoms with Crippen LogP contribution in [0.2, 0.25) is 0 Å². The lowest BCUT2D eigenvalue weighted by molar-refractivity contribution is 0.207. The van der Waals surface area contributed by atoms with Crippen molar-refractivity contribution in [1.29, 1.82) is 0 Å². The van der Waals surface area contributed by atoms with Crippen molar-refractivity contribution in [2.24, 2.45) is 0 Å². The lowest BCUT2D eigenvalue weighted by Gasteiger charge is -2.38. The zero-order valence-corrected chi connectivity index (χ0v) is 22.6. The van der Waals surface area contributed by atoms with Gasteiger partial charge in [-0.2, -0.15) is 14.8 Å². The predicted molar refractivity (Wildman–Crippen MR) is 155 cm³/mol. The van der Waals surface area contributed by atoms with Crippen LogP contribution in [0.4, 0.5) is 27.7 Å². The molecule has 0 radical (unpaired) electrons. The zero-order chi connectivity index (χ0) is 27.1. The van der Waals surface area contributed by atoms with Crippen molar-refractivity contribution in [3.63, 3.8) is 0 Å². The summed E-state index contributed by atoms with van der Waals surface area (Å²) in [6.07, 6.45) is 7.65. The van der Waals surface area contributed by atoms with Crippen molar-refractivity contribution in [3.8, 4) is 16.9 Å². The van der Waals surface area contributed by atoms with Crippen LogP contribution in [0, 0.1) is 5.82 Å². The maximum Gasteiger partial charge on any atom is 0.241 e. The molecule has 1 aliphatic carbocycles. The smallest absolute Gasteiger partial charge is 0.241 e. The monoisotopic (exact) mass is 539 g/mol. The van der Waals surface area contributed by atoms with Gasteiger partial charge in [0.15, 0.2) is 5.82 Å². The number of aryl methyl sites for hydroxylation is 2. The molecule has 2 aliphatic heterocycles. The quantitative estimate of drug-likeness (QED) is 0.375. The Bertz CT molecular complexity index is 1520. The van der Waals surface area contributed by atoms with Crippen molar-refractivity contribution in [3.05, 3.63) is 65.6 Å². The largest absolute Gasteiger partial charge is 0.369 e. The molecule has 2 aromatic heterocycles. The first kappa shape index (κ1) is 25.0. The maximum absolute atomic E-state index is 15.3. The minimum atomic E-state index is -0.259. The molecule has 40 heavy (non-hydrogen) atoms. The molecule has 3 N–H and O–H groups in total. The number of likely N-dealkylation sites (tertiary alicyclic amines) is 1. The number of nitrogens with one attached hydrogen (secondary N) is 1. The van der Waals surface area contributed by atoms with Crippen molar-refractivity contribution in [1.82, 2.24) is 29.9 Å². The second-order valence-corrected chi connectivity index (χ2v) is 11.0. The molecule has 0 spiro atoms.